The maximum Gasteiger partial charge on any atom is 0.255 e. The van der Waals surface area contributed by atoms with Gasteiger partial charge in [0.2, 0.25) is 17.8 Å². The fraction of sp³-hybridized carbons (Fsp3) is 0.486. The third-order valence-electron chi connectivity index (χ3n) is 11.1. The zero-order valence-corrected chi connectivity index (χ0v) is 27.5. The molecule has 2 aromatic carbocycles. The van der Waals surface area contributed by atoms with Crippen molar-refractivity contribution in [2.75, 3.05) is 36.4 Å². The van der Waals surface area contributed by atoms with Crippen molar-refractivity contribution in [2.45, 2.75) is 88.1 Å². The predicted molar refractivity (Wildman–Crippen MR) is 180 cm³/mol. The molecule has 0 bridgehead atoms. The predicted octanol–water partition coefficient (Wildman–Crippen LogP) is 3.82. The molecule has 8 rings (SSSR count). The molecule has 0 radical (unpaired) electrons. The van der Waals surface area contributed by atoms with Crippen LogP contribution in [0.15, 0.2) is 48.8 Å². The second kappa shape index (κ2) is 12.8. The first-order valence-corrected chi connectivity index (χ1v) is 17.6. The van der Waals surface area contributed by atoms with E-state index in [1.54, 1.807) is 6.07 Å². The van der Waals surface area contributed by atoms with Crippen molar-refractivity contribution in [3.05, 3.63) is 82.4 Å². The number of nitrogens with one attached hydrogen (secondary N) is 2. The number of nitrogens with zero attached hydrogens (tertiary/aromatic N) is 5. The van der Waals surface area contributed by atoms with Gasteiger partial charge in [-0.15, -0.1) is 0 Å². The van der Waals surface area contributed by atoms with Crippen molar-refractivity contribution >= 4 is 29.4 Å². The van der Waals surface area contributed by atoms with Crippen LogP contribution < -0.4 is 15.5 Å². The first-order valence-electron chi connectivity index (χ1n) is 17.6. The van der Waals surface area contributed by atoms with Gasteiger partial charge in [0.05, 0.1) is 5.60 Å². The molecular formula is C37H42FN7O4. The number of fused-ring (bicyclic) bond motifs is 1. The molecule has 3 aromatic rings. The van der Waals surface area contributed by atoms with Crippen LogP contribution in [0.25, 0.3) is 0 Å². The smallest absolute Gasteiger partial charge is 0.255 e. The number of hydrogen-bond donors (Lipinski definition) is 3. The number of hydrogen-bond acceptors (Lipinski definition) is 9. The number of imide groups is 1. The van der Waals surface area contributed by atoms with Gasteiger partial charge in [0.25, 0.3) is 5.91 Å². The van der Waals surface area contributed by atoms with Crippen LogP contribution in [-0.2, 0) is 28.3 Å². The number of amides is 3. The number of rotatable bonds is 8. The summed E-state index contributed by atoms with van der Waals surface area (Å²) in [4.78, 5) is 52.2. The van der Waals surface area contributed by atoms with E-state index in [4.69, 9.17) is 0 Å². The van der Waals surface area contributed by atoms with E-state index in [1.807, 2.05) is 12.4 Å². The average molecular weight is 668 g/mol. The Bertz CT molecular complexity index is 1750. The molecule has 3 saturated heterocycles. The Morgan fingerprint density at radius 1 is 0.939 bits per heavy atom. The summed E-state index contributed by atoms with van der Waals surface area (Å²) >= 11 is 0. The molecule has 3 N–H and O–H groups in total. The summed E-state index contributed by atoms with van der Waals surface area (Å²) in [6, 6.07) is 11.1. The number of carbonyl (C=O) groups excluding carboxylic acids is 3. The van der Waals surface area contributed by atoms with E-state index in [9.17, 15) is 19.5 Å². The summed E-state index contributed by atoms with van der Waals surface area (Å²) in [5.41, 5.74) is 3.30. The first-order chi connectivity index (χ1) is 23.7. The van der Waals surface area contributed by atoms with Crippen LogP contribution in [0.3, 0.4) is 0 Å². The fourth-order valence-corrected chi connectivity index (χ4v) is 7.87. The van der Waals surface area contributed by atoms with Gasteiger partial charge in [0.15, 0.2) is 0 Å². The van der Waals surface area contributed by atoms with E-state index < -0.39 is 29.3 Å². The normalized spacial score (nSPS) is 23.1. The molecule has 256 valence electrons. The number of aromatic nitrogens is 2. The van der Waals surface area contributed by atoms with Crippen LogP contribution in [0.4, 0.5) is 16.0 Å². The summed E-state index contributed by atoms with van der Waals surface area (Å²) in [5.74, 6) is -0.521. The van der Waals surface area contributed by atoms with Crippen molar-refractivity contribution in [3.63, 3.8) is 0 Å². The van der Waals surface area contributed by atoms with Gasteiger partial charge < -0.3 is 20.2 Å². The summed E-state index contributed by atoms with van der Waals surface area (Å²) in [7, 11) is 0. The Labute approximate surface area is 284 Å². The Morgan fingerprint density at radius 3 is 2.33 bits per heavy atom. The molecular weight excluding hydrogens is 625 g/mol. The van der Waals surface area contributed by atoms with Crippen LogP contribution in [0.1, 0.15) is 89.9 Å². The van der Waals surface area contributed by atoms with Gasteiger partial charge in [0.1, 0.15) is 11.9 Å². The standard InChI is InChI=1S/C37H42FN7O4/c38-31-18-29-25(22-45(35(29)48)32-7-8-33(46)42-34(32)47)17-30(31)37(49)11-15-43(16-12-37)21-23-1-5-28(6-2-23)44-13-9-27(10-14-44)41-36-39-19-26(20-40-36)24-3-4-24/h1-2,5-6,17-20,24,27,32,49H,3-4,7-16,21-22H2,(H,39,40,41)(H,42,46,47). The van der Waals surface area contributed by atoms with Crippen molar-refractivity contribution < 1.29 is 23.9 Å². The number of carbonyl (C=O) groups is 3. The highest BCUT2D eigenvalue weighted by molar-refractivity contribution is 6.05. The van der Waals surface area contributed by atoms with E-state index in [-0.39, 0.29) is 36.4 Å². The van der Waals surface area contributed by atoms with Crippen LogP contribution in [0, 0.1) is 5.82 Å². The maximum atomic E-state index is 15.5. The number of halogens is 1. The lowest BCUT2D eigenvalue weighted by molar-refractivity contribution is -0.136. The third kappa shape index (κ3) is 6.51. The number of piperidine rings is 3. The second-order valence-electron chi connectivity index (χ2n) is 14.4. The van der Waals surface area contributed by atoms with E-state index in [0.717, 1.165) is 38.4 Å². The molecule has 4 aliphatic heterocycles. The van der Waals surface area contributed by atoms with Crippen LogP contribution in [0.5, 0.6) is 0 Å². The van der Waals surface area contributed by atoms with Crippen molar-refractivity contribution in [3.8, 4) is 0 Å². The third-order valence-corrected chi connectivity index (χ3v) is 11.1. The van der Waals surface area contributed by atoms with Crippen molar-refractivity contribution in [2.24, 2.45) is 0 Å². The molecule has 12 heteroatoms. The van der Waals surface area contributed by atoms with Gasteiger partial charge in [-0.05, 0) is 91.8 Å². The molecule has 5 heterocycles. The number of aliphatic hydroxyl groups is 1. The second-order valence-corrected chi connectivity index (χ2v) is 14.4. The Kier molecular flexibility index (Phi) is 8.31. The Morgan fingerprint density at radius 2 is 1.65 bits per heavy atom. The summed E-state index contributed by atoms with van der Waals surface area (Å²) in [6.45, 7) is 4.01. The van der Waals surface area contributed by atoms with Crippen LogP contribution in [0.2, 0.25) is 0 Å². The minimum absolute atomic E-state index is 0.143. The molecule has 5 aliphatic rings. The lowest BCUT2D eigenvalue weighted by Crippen LogP contribution is -2.52. The average Bonchev–Trinajstić information content (AvgIpc) is 3.91. The van der Waals surface area contributed by atoms with Crippen molar-refractivity contribution in [1.82, 2.24) is 25.1 Å². The largest absolute Gasteiger partial charge is 0.385 e. The molecule has 49 heavy (non-hydrogen) atoms. The molecule has 1 unspecified atom stereocenters. The highest BCUT2D eigenvalue weighted by Crippen LogP contribution is 2.40. The fourth-order valence-electron chi connectivity index (χ4n) is 7.87. The first kappa shape index (κ1) is 31.8. The summed E-state index contributed by atoms with van der Waals surface area (Å²) in [6.07, 6.45) is 9.59. The minimum Gasteiger partial charge on any atom is -0.385 e. The van der Waals surface area contributed by atoms with Crippen molar-refractivity contribution in [1.29, 1.82) is 0 Å². The highest BCUT2D eigenvalue weighted by Gasteiger charge is 2.42. The van der Waals surface area contributed by atoms with E-state index in [2.05, 4.69) is 54.7 Å². The molecule has 4 fully saturated rings. The molecule has 1 saturated carbocycles. The molecule has 1 aliphatic carbocycles. The maximum absolute atomic E-state index is 15.5. The molecule has 1 aromatic heterocycles. The lowest BCUT2D eigenvalue weighted by Gasteiger charge is -2.39. The lowest BCUT2D eigenvalue weighted by atomic mass is 9.82. The number of benzene rings is 2. The van der Waals surface area contributed by atoms with Gasteiger partial charge >= 0.3 is 0 Å². The van der Waals surface area contributed by atoms with Crippen LogP contribution in [-0.4, -0.2) is 80.9 Å². The van der Waals surface area contributed by atoms with Gasteiger partial charge in [-0.3, -0.25) is 24.6 Å². The van der Waals surface area contributed by atoms with E-state index in [0.29, 0.717) is 43.5 Å². The summed E-state index contributed by atoms with van der Waals surface area (Å²) in [5, 5.41) is 17.4. The zero-order chi connectivity index (χ0) is 33.7. The monoisotopic (exact) mass is 667 g/mol. The Balaban J connectivity index is 0.830. The Hall–Kier alpha value is -4.42. The molecule has 0 spiro atoms. The van der Waals surface area contributed by atoms with Crippen LogP contribution >= 0.6 is 0 Å². The minimum atomic E-state index is -1.35. The topological polar surface area (TPSA) is 131 Å². The number of anilines is 2. The van der Waals surface area contributed by atoms with Gasteiger partial charge in [-0.2, -0.15) is 0 Å². The van der Waals surface area contributed by atoms with Gasteiger partial charge in [-0.1, -0.05) is 12.1 Å². The SMILES string of the molecule is O=C1CCC(N2Cc3cc(C4(O)CCN(Cc5ccc(N6CCC(Nc7ncc(C8CC8)cn7)CC6)cc5)CC4)c(F)cc3C2=O)C(=O)N1. The van der Waals surface area contributed by atoms with Gasteiger partial charge in [-0.25, -0.2) is 14.4 Å². The zero-order valence-electron chi connectivity index (χ0n) is 27.5. The van der Waals surface area contributed by atoms with E-state index >= 15 is 4.39 Å². The quantitative estimate of drug-likeness (QED) is 0.307. The number of likely N-dealkylation sites (tertiary alicyclic amines) is 1. The summed E-state index contributed by atoms with van der Waals surface area (Å²) < 4.78 is 15.5. The van der Waals surface area contributed by atoms with E-state index in [1.165, 1.54) is 40.6 Å². The molecule has 1 atom stereocenters. The van der Waals surface area contributed by atoms with Gasteiger partial charge in [0, 0.05) is 80.9 Å². The highest BCUT2D eigenvalue weighted by atomic mass is 19.1. The molecule has 11 nitrogen and oxygen atoms in total. The molecule has 3 amide bonds.